The first-order valence-electron chi connectivity index (χ1n) is 6.75. The molecule has 0 aliphatic heterocycles. The number of anilines is 1. The Bertz CT molecular complexity index is 637. The molecule has 21 heavy (non-hydrogen) atoms. The molecule has 0 saturated heterocycles. The highest BCUT2D eigenvalue weighted by Gasteiger charge is 2.37. The highest BCUT2D eigenvalue weighted by Crippen LogP contribution is 2.29. The van der Waals surface area contributed by atoms with Gasteiger partial charge in [0.25, 0.3) is 5.82 Å². The molecule has 0 radical (unpaired) electrons. The first-order chi connectivity index (χ1) is 9.99. The van der Waals surface area contributed by atoms with Crippen molar-refractivity contribution < 1.29 is 13.2 Å². The lowest BCUT2D eigenvalue weighted by atomic mass is 10.0. The van der Waals surface area contributed by atoms with Gasteiger partial charge in [-0.1, -0.05) is 6.42 Å². The molecule has 3 rings (SSSR count). The van der Waals surface area contributed by atoms with Gasteiger partial charge >= 0.3 is 6.18 Å². The summed E-state index contributed by atoms with van der Waals surface area (Å²) in [5.41, 5.74) is 5.76. The van der Waals surface area contributed by atoms with Crippen molar-refractivity contribution in [2.24, 2.45) is 11.7 Å². The highest BCUT2D eigenvalue weighted by molar-refractivity contribution is 5.44. The molecule has 1 aliphatic carbocycles. The summed E-state index contributed by atoms with van der Waals surface area (Å²) in [5.74, 6) is -0.424. The molecule has 1 fully saturated rings. The number of hydrogen-bond acceptors (Lipinski definition) is 5. The molecule has 0 amide bonds. The van der Waals surface area contributed by atoms with Crippen LogP contribution < -0.4 is 11.1 Å². The largest absolute Gasteiger partial charge is 0.453 e. The molecule has 114 valence electrons. The zero-order valence-electron chi connectivity index (χ0n) is 11.1. The Labute approximate surface area is 118 Å². The van der Waals surface area contributed by atoms with Gasteiger partial charge in [0.2, 0.25) is 0 Å². The minimum absolute atomic E-state index is 0.0645. The van der Waals surface area contributed by atoms with E-state index in [9.17, 15) is 13.2 Å². The quantitative estimate of drug-likeness (QED) is 0.901. The summed E-state index contributed by atoms with van der Waals surface area (Å²) in [6.07, 6.45) is -1.56. The van der Waals surface area contributed by atoms with E-state index < -0.39 is 12.0 Å². The van der Waals surface area contributed by atoms with Crippen molar-refractivity contribution in [2.75, 3.05) is 11.9 Å². The normalized spacial score (nSPS) is 22.9. The number of nitrogens with one attached hydrogen (secondary N) is 1. The lowest BCUT2D eigenvalue weighted by molar-refractivity contribution is -0.146. The number of aromatic nitrogens is 4. The van der Waals surface area contributed by atoms with Crippen LogP contribution >= 0.6 is 0 Å². The number of rotatable bonds is 3. The lowest BCUT2D eigenvalue weighted by Crippen LogP contribution is -2.30. The van der Waals surface area contributed by atoms with E-state index in [1.54, 1.807) is 6.07 Å². The molecule has 3 N–H and O–H groups in total. The smallest absolute Gasteiger partial charge is 0.366 e. The molecule has 0 spiro atoms. The molecule has 6 nitrogen and oxygen atoms in total. The topological polar surface area (TPSA) is 81.1 Å². The van der Waals surface area contributed by atoms with Crippen molar-refractivity contribution in [1.82, 2.24) is 19.8 Å². The van der Waals surface area contributed by atoms with E-state index in [1.165, 1.54) is 6.07 Å². The van der Waals surface area contributed by atoms with Crippen LogP contribution in [0.25, 0.3) is 5.65 Å². The molecule has 9 heteroatoms. The van der Waals surface area contributed by atoms with Gasteiger partial charge in [-0.05, 0) is 37.4 Å². The van der Waals surface area contributed by atoms with Gasteiger partial charge < -0.3 is 11.1 Å². The second kappa shape index (κ2) is 5.14. The van der Waals surface area contributed by atoms with Gasteiger partial charge in [-0.15, -0.1) is 15.3 Å². The average molecular weight is 300 g/mol. The summed E-state index contributed by atoms with van der Waals surface area (Å²) in [7, 11) is 0. The van der Waals surface area contributed by atoms with Gasteiger partial charge in [-0.25, -0.2) is 0 Å². The monoisotopic (exact) mass is 300 g/mol. The van der Waals surface area contributed by atoms with Crippen LogP contribution in [-0.2, 0) is 6.18 Å². The maximum atomic E-state index is 12.8. The van der Waals surface area contributed by atoms with Crippen LogP contribution in [-0.4, -0.2) is 32.4 Å². The van der Waals surface area contributed by atoms with E-state index in [1.807, 2.05) is 0 Å². The average Bonchev–Trinajstić information content (AvgIpc) is 3.03. The van der Waals surface area contributed by atoms with E-state index in [-0.39, 0.29) is 11.7 Å². The fourth-order valence-electron chi connectivity index (χ4n) is 2.74. The molecule has 2 heterocycles. The Balaban J connectivity index is 1.90. The Morgan fingerprint density at radius 1 is 1.29 bits per heavy atom. The van der Waals surface area contributed by atoms with Crippen molar-refractivity contribution in [1.29, 1.82) is 0 Å². The lowest BCUT2D eigenvalue weighted by Gasteiger charge is -2.19. The van der Waals surface area contributed by atoms with Crippen LogP contribution in [0.5, 0.6) is 0 Å². The molecule has 2 atom stereocenters. The first kappa shape index (κ1) is 14.1. The van der Waals surface area contributed by atoms with E-state index in [2.05, 4.69) is 20.6 Å². The Kier molecular flexibility index (Phi) is 3.44. The van der Waals surface area contributed by atoms with Crippen LogP contribution in [0.1, 0.15) is 25.1 Å². The summed E-state index contributed by atoms with van der Waals surface area (Å²) >= 11 is 0. The van der Waals surface area contributed by atoms with Gasteiger partial charge in [0.05, 0.1) is 0 Å². The van der Waals surface area contributed by atoms with Crippen LogP contribution in [0, 0.1) is 5.92 Å². The third kappa shape index (κ3) is 2.65. The minimum atomic E-state index is -4.59. The molecular weight excluding hydrogens is 285 g/mol. The van der Waals surface area contributed by atoms with E-state index >= 15 is 0 Å². The van der Waals surface area contributed by atoms with Crippen molar-refractivity contribution in [3.8, 4) is 0 Å². The molecule has 0 aromatic carbocycles. The second-order valence-electron chi connectivity index (χ2n) is 5.19. The van der Waals surface area contributed by atoms with E-state index in [4.69, 9.17) is 5.73 Å². The number of fused-ring (bicyclic) bond motifs is 1. The number of halogens is 3. The van der Waals surface area contributed by atoms with Crippen LogP contribution in [0.3, 0.4) is 0 Å². The Morgan fingerprint density at radius 2 is 2.10 bits per heavy atom. The van der Waals surface area contributed by atoms with Crippen molar-refractivity contribution in [3.63, 3.8) is 0 Å². The van der Waals surface area contributed by atoms with E-state index in [0.717, 1.165) is 23.8 Å². The van der Waals surface area contributed by atoms with Crippen LogP contribution in [0.2, 0.25) is 0 Å². The summed E-state index contributed by atoms with van der Waals surface area (Å²) in [4.78, 5) is 0. The fourth-order valence-corrected chi connectivity index (χ4v) is 2.74. The molecule has 1 aliphatic rings. The standard InChI is InChI=1S/C12H15F3N6/c13-12(14,15)11-19-18-10-5-4-9(20-21(10)11)17-8-3-1-2-7(8)6-16/h4-5,7-8H,1-3,6,16H2,(H,17,20). The van der Waals surface area contributed by atoms with Crippen LogP contribution in [0.4, 0.5) is 19.0 Å². The van der Waals surface area contributed by atoms with Gasteiger partial charge in [-0.2, -0.15) is 17.7 Å². The Hall–Kier alpha value is -1.90. The number of nitrogens with zero attached hydrogens (tertiary/aromatic N) is 4. The molecule has 2 aromatic rings. The maximum absolute atomic E-state index is 12.8. The number of nitrogens with two attached hydrogens (primary N) is 1. The predicted octanol–water partition coefficient (Wildman–Crippen LogP) is 1.68. The summed E-state index contributed by atoms with van der Waals surface area (Å²) in [6, 6.07) is 3.21. The van der Waals surface area contributed by atoms with Crippen molar-refractivity contribution >= 4 is 11.5 Å². The third-order valence-electron chi connectivity index (χ3n) is 3.81. The zero-order valence-corrected chi connectivity index (χ0v) is 11.1. The Morgan fingerprint density at radius 3 is 2.81 bits per heavy atom. The second-order valence-corrected chi connectivity index (χ2v) is 5.19. The minimum Gasteiger partial charge on any atom is -0.366 e. The summed E-state index contributed by atoms with van der Waals surface area (Å²) in [5, 5.41) is 13.7. The molecule has 2 unspecified atom stereocenters. The van der Waals surface area contributed by atoms with Gasteiger partial charge in [0.1, 0.15) is 5.82 Å². The molecule has 2 aromatic heterocycles. The first-order valence-corrected chi connectivity index (χ1v) is 6.75. The third-order valence-corrected chi connectivity index (χ3v) is 3.81. The van der Waals surface area contributed by atoms with Crippen molar-refractivity contribution in [2.45, 2.75) is 31.5 Å². The molecular formula is C12H15F3N6. The SMILES string of the molecule is NCC1CCCC1Nc1ccc2nnc(C(F)(F)F)n2n1. The number of hydrogen-bond donors (Lipinski definition) is 2. The fraction of sp³-hybridized carbons (Fsp3) is 0.583. The molecule has 1 saturated carbocycles. The molecule has 0 bridgehead atoms. The van der Waals surface area contributed by atoms with E-state index in [0.29, 0.717) is 18.3 Å². The van der Waals surface area contributed by atoms with Gasteiger partial charge in [-0.3, -0.25) is 0 Å². The zero-order chi connectivity index (χ0) is 15.0. The summed E-state index contributed by atoms with van der Waals surface area (Å²) < 4.78 is 39.1. The summed E-state index contributed by atoms with van der Waals surface area (Å²) in [6.45, 7) is 0.556. The van der Waals surface area contributed by atoms with Crippen LogP contribution in [0.15, 0.2) is 12.1 Å². The van der Waals surface area contributed by atoms with Gasteiger partial charge in [0.15, 0.2) is 5.65 Å². The maximum Gasteiger partial charge on any atom is 0.453 e. The predicted molar refractivity (Wildman–Crippen MR) is 69.6 cm³/mol. The highest BCUT2D eigenvalue weighted by atomic mass is 19.4. The number of alkyl halides is 3. The van der Waals surface area contributed by atoms with Crippen molar-refractivity contribution in [3.05, 3.63) is 18.0 Å². The van der Waals surface area contributed by atoms with Gasteiger partial charge in [0, 0.05) is 6.04 Å².